The zero-order valence-corrected chi connectivity index (χ0v) is 9.26. The van der Waals surface area contributed by atoms with Crippen LogP contribution < -0.4 is 5.73 Å². The fraction of sp³-hybridized carbons (Fsp3) is 0.500. The highest BCUT2D eigenvalue weighted by atomic mass is 19.1. The molecule has 0 fully saturated rings. The van der Waals surface area contributed by atoms with Crippen molar-refractivity contribution in [1.29, 1.82) is 0 Å². The van der Waals surface area contributed by atoms with Crippen molar-refractivity contribution in [2.75, 3.05) is 5.73 Å². The van der Waals surface area contributed by atoms with E-state index in [4.69, 9.17) is 5.73 Å². The van der Waals surface area contributed by atoms with E-state index in [2.05, 4.69) is 0 Å². The zero-order valence-electron chi connectivity index (χ0n) is 9.26. The largest absolute Gasteiger partial charge is 0.398 e. The predicted octanol–water partition coefficient (Wildman–Crippen LogP) is 2.30. The third-order valence-electron chi connectivity index (χ3n) is 3.19. The van der Waals surface area contributed by atoms with Gasteiger partial charge in [-0.3, -0.25) is 0 Å². The van der Waals surface area contributed by atoms with E-state index < -0.39 is 5.60 Å². The Labute approximate surface area is 88.9 Å². The maximum Gasteiger partial charge on any atom is 0.127 e. The number of rotatable bonds is 0. The average Bonchev–Trinajstić information content (AvgIpc) is 2.25. The highest BCUT2D eigenvalue weighted by Crippen LogP contribution is 2.51. The molecule has 15 heavy (non-hydrogen) atoms. The summed E-state index contributed by atoms with van der Waals surface area (Å²) in [5.41, 5.74) is 6.02. The van der Waals surface area contributed by atoms with Crippen LogP contribution in [0.2, 0.25) is 0 Å². The molecule has 1 aromatic rings. The summed E-state index contributed by atoms with van der Waals surface area (Å²) in [6.07, 6.45) is 0.500. The molecular formula is C12H16FNO. The Morgan fingerprint density at radius 3 is 2.40 bits per heavy atom. The van der Waals surface area contributed by atoms with Crippen LogP contribution in [0.4, 0.5) is 10.1 Å². The first-order chi connectivity index (χ1) is 6.76. The first kappa shape index (κ1) is 10.4. The summed E-state index contributed by atoms with van der Waals surface area (Å²) >= 11 is 0. The number of benzene rings is 1. The van der Waals surface area contributed by atoms with Gasteiger partial charge in [0.2, 0.25) is 0 Å². The lowest BCUT2D eigenvalue weighted by atomic mass is 9.85. The van der Waals surface area contributed by atoms with Crippen molar-refractivity contribution in [3.8, 4) is 0 Å². The van der Waals surface area contributed by atoms with Crippen LogP contribution in [0.25, 0.3) is 0 Å². The summed E-state index contributed by atoms with van der Waals surface area (Å²) in [6, 6.07) is 2.89. The first-order valence-electron chi connectivity index (χ1n) is 5.07. The van der Waals surface area contributed by atoms with Crippen LogP contribution in [0, 0.1) is 5.82 Å². The van der Waals surface area contributed by atoms with Crippen molar-refractivity contribution < 1.29 is 9.50 Å². The fourth-order valence-corrected chi connectivity index (χ4v) is 2.87. The number of hydrogen-bond donors (Lipinski definition) is 2. The summed E-state index contributed by atoms with van der Waals surface area (Å²) in [7, 11) is 0. The van der Waals surface area contributed by atoms with Crippen LogP contribution in [-0.2, 0) is 11.0 Å². The van der Waals surface area contributed by atoms with Gasteiger partial charge >= 0.3 is 0 Å². The minimum atomic E-state index is -1.02. The number of hydrogen-bond acceptors (Lipinski definition) is 2. The molecule has 0 spiro atoms. The Balaban J connectivity index is 2.80. The summed E-state index contributed by atoms with van der Waals surface area (Å²) in [4.78, 5) is 0. The molecule has 0 saturated carbocycles. The lowest BCUT2D eigenvalue weighted by Gasteiger charge is -2.21. The Kier molecular flexibility index (Phi) is 1.90. The SMILES string of the molecule is CC1(C)C[C@@](C)(O)c2c(N)ccc(F)c21. The number of halogens is 1. The zero-order chi connectivity index (χ0) is 11.4. The van der Waals surface area contributed by atoms with Crippen molar-refractivity contribution in [2.24, 2.45) is 0 Å². The van der Waals surface area contributed by atoms with Crippen LogP contribution in [0.3, 0.4) is 0 Å². The van der Waals surface area contributed by atoms with Crippen molar-refractivity contribution >= 4 is 5.69 Å². The van der Waals surface area contributed by atoms with Gasteiger partial charge in [0.25, 0.3) is 0 Å². The molecule has 1 aromatic carbocycles. The third kappa shape index (κ3) is 1.34. The molecule has 1 aliphatic carbocycles. The number of nitrogens with two attached hydrogens (primary N) is 1. The van der Waals surface area contributed by atoms with Gasteiger partial charge in [-0.05, 0) is 30.9 Å². The van der Waals surface area contributed by atoms with Gasteiger partial charge in [-0.15, -0.1) is 0 Å². The minimum Gasteiger partial charge on any atom is -0.398 e. The quantitative estimate of drug-likeness (QED) is 0.644. The number of fused-ring (bicyclic) bond motifs is 1. The van der Waals surface area contributed by atoms with Gasteiger partial charge in [0.05, 0.1) is 5.60 Å². The van der Waals surface area contributed by atoms with Crippen LogP contribution in [0.5, 0.6) is 0 Å². The van der Waals surface area contributed by atoms with E-state index in [0.29, 0.717) is 23.2 Å². The molecule has 3 N–H and O–H groups in total. The molecular weight excluding hydrogens is 193 g/mol. The van der Waals surface area contributed by atoms with Crippen LogP contribution >= 0.6 is 0 Å². The van der Waals surface area contributed by atoms with Gasteiger partial charge in [0.15, 0.2) is 0 Å². The smallest absolute Gasteiger partial charge is 0.127 e. The van der Waals surface area contributed by atoms with E-state index in [1.807, 2.05) is 13.8 Å². The van der Waals surface area contributed by atoms with Crippen LogP contribution in [0.15, 0.2) is 12.1 Å². The van der Waals surface area contributed by atoms with Gasteiger partial charge < -0.3 is 10.8 Å². The molecule has 1 aliphatic rings. The predicted molar refractivity (Wildman–Crippen MR) is 58.0 cm³/mol. The number of anilines is 1. The van der Waals surface area contributed by atoms with Crippen molar-refractivity contribution in [2.45, 2.75) is 38.2 Å². The molecule has 82 valence electrons. The van der Waals surface area contributed by atoms with Gasteiger partial charge in [0, 0.05) is 16.8 Å². The van der Waals surface area contributed by atoms with E-state index >= 15 is 0 Å². The molecule has 0 bridgehead atoms. The molecule has 0 aliphatic heterocycles. The van der Waals surface area contributed by atoms with Crippen molar-refractivity contribution in [1.82, 2.24) is 0 Å². The van der Waals surface area contributed by atoms with E-state index in [0.717, 1.165) is 0 Å². The normalized spacial score (nSPS) is 27.8. The molecule has 2 rings (SSSR count). The van der Waals surface area contributed by atoms with E-state index in [-0.39, 0.29) is 11.2 Å². The second kappa shape index (κ2) is 2.73. The second-order valence-electron chi connectivity index (χ2n) is 5.22. The Bertz CT molecular complexity index is 385. The van der Waals surface area contributed by atoms with Gasteiger partial charge in [-0.2, -0.15) is 0 Å². The molecule has 0 amide bonds. The average molecular weight is 209 g/mol. The molecule has 0 saturated heterocycles. The summed E-state index contributed by atoms with van der Waals surface area (Å²) in [6.45, 7) is 5.54. The lowest BCUT2D eigenvalue weighted by Crippen LogP contribution is -2.21. The maximum atomic E-state index is 13.7. The Hall–Kier alpha value is -1.09. The monoisotopic (exact) mass is 209 g/mol. The van der Waals surface area contributed by atoms with Gasteiger partial charge in [0.1, 0.15) is 5.82 Å². The van der Waals surface area contributed by atoms with E-state index in [1.165, 1.54) is 12.1 Å². The molecule has 0 unspecified atom stereocenters. The second-order valence-corrected chi connectivity index (χ2v) is 5.22. The van der Waals surface area contributed by atoms with E-state index in [1.54, 1.807) is 6.92 Å². The van der Waals surface area contributed by atoms with E-state index in [9.17, 15) is 9.50 Å². The number of nitrogen functional groups attached to an aromatic ring is 1. The standard InChI is InChI=1S/C12H16FNO/c1-11(2)6-12(3,15)10-8(14)5-4-7(13)9(10)11/h4-5,15H,6,14H2,1-3H3/t12-/m1/s1. The molecule has 0 heterocycles. The minimum absolute atomic E-state index is 0.276. The first-order valence-corrected chi connectivity index (χ1v) is 5.07. The lowest BCUT2D eigenvalue weighted by molar-refractivity contribution is 0.0462. The van der Waals surface area contributed by atoms with Crippen LogP contribution in [0.1, 0.15) is 38.3 Å². The maximum absolute atomic E-state index is 13.7. The highest BCUT2D eigenvalue weighted by molar-refractivity contribution is 5.59. The topological polar surface area (TPSA) is 46.2 Å². The van der Waals surface area contributed by atoms with Crippen LogP contribution in [-0.4, -0.2) is 5.11 Å². The van der Waals surface area contributed by atoms with Gasteiger partial charge in [-0.25, -0.2) is 4.39 Å². The highest BCUT2D eigenvalue weighted by Gasteiger charge is 2.46. The van der Waals surface area contributed by atoms with Gasteiger partial charge in [-0.1, -0.05) is 13.8 Å². The molecule has 0 radical (unpaired) electrons. The molecule has 3 heteroatoms. The van der Waals surface area contributed by atoms with Crippen molar-refractivity contribution in [3.05, 3.63) is 29.1 Å². The molecule has 1 atom stereocenters. The third-order valence-corrected chi connectivity index (χ3v) is 3.19. The summed E-state index contributed by atoms with van der Waals surface area (Å²) in [5.74, 6) is -0.276. The van der Waals surface area contributed by atoms with Crippen molar-refractivity contribution in [3.63, 3.8) is 0 Å². The summed E-state index contributed by atoms with van der Waals surface area (Å²) < 4.78 is 13.7. The number of aliphatic hydroxyl groups is 1. The Morgan fingerprint density at radius 2 is 1.87 bits per heavy atom. The molecule has 0 aromatic heterocycles. The fourth-order valence-electron chi connectivity index (χ4n) is 2.87. The molecule has 2 nitrogen and oxygen atoms in total. The summed E-state index contributed by atoms with van der Waals surface area (Å²) in [5, 5.41) is 10.2. The Morgan fingerprint density at radius 1 is 1.27 bits per heavy atom.